The molecule has 0 heterocycles. The summed E-state index contributed by atoms with van der Waals surface area (Å²) in [5.41, 5.74) is 0.549. The summed E-state index contributed by atoms with van der Waals surface area (Å²) in [7, 11) is 0. The van der Waals surface area contributed by atoms with Crippen LogP contribution >= 0.6 is 0 Å². The quantitative estimate of drug-likeness (QED) is 0.516. The van der Waals surface area contributed by atoms with Crippen molar-refractivity contribution >= 4 is 18.6 Å². The van der Waals surface area contributed by atoms with Crippen LogP contribution in [0.2, 0.25) is 0 Å². The van der Waals surface area contributed by atoms with Crippen molar-refractivity contribution in [2.45, 2.75) is 6.92 Å². The number of anilines is 1. The van der Waals surface area contributed by atoms with E-state index in [-0.39, 0.29) is 5.82 Å². The standard InChI is InChI=1S/C9H10FN3/c1-3-12-13(11-2)9-6-4-5-8(10)7-9/h3-7H,2H2,1H3/b12-3-. The first kappa shape index (κ1) is 9.38. The smallest absolute Gasteiger partial charge is 0.125 e. The van der Waals surface area contributed by atoms with Crippen LogP contribution in [0.25, 0.3) is 0 Å². The lowest BCUT2D eigenvalue weighted by atomic mass is 10.3. The summed E-state index contributed by atoms with van der Waals surface area (Å²) in [5.74, 6) is -0.322. The van der Waals surface area contributed by atoms with Gasteiger partial charge < -0.3 is 0 Å². The Bertz CT molecular complexity index is 322. The van der Waals surface area contributed by atoms with E-state index in [0.717, 1.165) is 0 Å². The van der Waals surface area contributed by atoms with Crippen LogP contribution in [0.1, 0.15) is 6.92 Å². The van der Waals surface area contributed by atoms with E-state index in [1.807, 2.05) is 0 Å². The second-order valence-corrected chi connectivity index (χ2v) is 2.28. The average Bonchev–Trinajstić information content (AvgIpc) is 2.14. The number of hydrazone groups is 2. The van der Waals surface area contributed by atoms with Gasteiger partial charge in [-0.05, 0) is 19.1 Å². The molecule has 0 atom stereocenters. The number of nitrogens with zero attached hydrogens (tertiary/aromatic N) is 3. The number of benzene rings is 1. The summed E-state index contributed by atoms with van der Waals surface area (Å²) >= 11 is 0. The summed E-state index contributed by atoms with van der Waals surface area (Å²) in [5, 5.41) is 8.73. The van der Waals surface area contributed by atoms with Gasteiger partial charge in [-0.3, -0.25) is 0 Å². The van der Waals surface area contributed by atoms with Crippen LogP contribution in [0, 0.1) is 5.82 Å². The van der Waals surface area contributed by atoms with Gasteiger partial charge in [-0.1, -0.05) is 6.07 Å². The van der Waals surface area contributed by atoms with Crippen molar-refractivity contribution in [3.8, 4) is 0 Å². The molecule has 0 saturated heterocycles. The molecule has 68 valence electrons. The molecular formula is C9H10FN3. The molecule has 0 aromatic heterocycles. The molecule has 0 aliphatic rings. The highest BCUT2D eigenvalue weighted by Gasteiger charge is 2.01. The molecule has 0 fully saturated rings. The molecule has 0 spiro atoms. The summed E-state index contributed by atoms with van der Waals surface area (Å²) in [6.07, 6.45) is 1.56. The van der Waals surface area contributed by atoms with Gasteiger partial charge in [-0.25, -0.2) is 4.39 Å². The van der Waals surface area contributed by atoms with E-state index in [0.29, 0.717) is 5.69 Å². The first-order valence-electron chi connectivity index (χ1n) is 3.79. The minimum absolute atomic E-state index is 0.322. The molecule has 1 aromatic rings. The number of hydrogen-bond donors (Lipinski definition) is 0. The monoisotopic (exact) mass is 179 g/mol. The molecule has 3 nitrogen and oxygen atoms in total. The lowest BCUT2D eigenvalue weighted by molar-refractivity contribution is 0.627. The second-order valence-electron chi connectivity index (χ2n) is 2.28. The number of rotatable bonds is 3. The third-order valence-electron chi connectivity index (χ3n) is 1.40. The molecule has 0 aliphatic carbocycles. The maximum Gasteiger partial charge on any atom is 0.125 e. The molecule has 0 aliphatic heterocycles. The highest BCUT2D eigenvalue weighted by atomic mass is 19.1. The molecule has 4 heteroatoms. The van der Waals surface area contributed by atoms with E-state index in [9.17, 15) is 4.39 Å². The van der Waals surface area contributed by atoms with Gasteiger partial charge in [0.2, 0.25) is 0 Å². The molecule has 0 radical (unpaired) electrons. The first-order valence-corrected chi connectivity index (χ1v) is 3.79. The minimum Gasteiger partial charge on any atom is -0.207 e. The predicted octanol–water partition coefficient (Wildman–Crippen LogP) is 2.25. The summed E-state index contributed by atoms with van der Waals surface area (Å²) in [6.45, 7) is 5.07. The van der Waals surface area contributed by atoms with Crippen LogP contribution in [-0.2, 0) is 0 Å². The summed E-state index contributed by atoms with van der Waals surface area (Å²) in [6, 6.07) is 5.99. The summed E-state index contributed by atoms with van der Waals surface area (Å²) < 4.78 is 12.8. The Labute approximate surface area is 76.2 Å². The molecule has 13 heavy (non-hydrogen) atoms. The lowest BCUT2D eigenvalue weighted by Gasteiger charge is -2.10. The first-order chi connectivity index (χ1) is 6.27. The third-order valence-corrected chi connectivity index (χ3v) is 1.40. The van der Waals surface area contributed by atoms with Crippen molar-refractivity contribution < 1.29 is 4.39 Å². The van der Waals surface area contributed by atoms with E-state index in [1.165, 1.54) is 17.3 Å². The van der Waals surface area contributed by atoms with Gasteiger partial charge in [-0.15, -0.1) is 0 Å². The van der Waals surface area contributed by atoms with Crippen LogP contribution in [0.15, 0.2) is 34.5 Å². The van der Waals surface area contributed by atoms with E-state index in [1.54, 1.807) is 25.3 Å². The van der Waals surface area contributed by atoms with Crippen molar-refractivity contribution in [1.29, 1.82) is 0 Å². The fraction of sp³-hybridized carbons (Fsp3) is 0.111. The largest absolute Gasteiger partial charge is 0.207 e. The maximum atomic E-state index is 12.8. The Morgan fingerprint density at radius 1 is 1.54 bits per heavy atom. The van der Waals surface area contributed by atoms with E-state index < -0.39 is 0 Å². The molecule has 0 amide bonds. The van der Waals surface area contributed by atoms with Crippen LogP contribution in [0.5, 0.6) is 0 Å². The van der Waals surface area contributed by atoms with Gasteiger partial charge >= 0.3 is 0 Å². The fourth-order valence-electron chi connectivity index (χ4n) is 0.895. The Kier molecular flexibility index (Phi) is 3.14. The van der Waals surface area contributed by atoms with Crippen molar-refractivity contribution in [2.24, 2.45) is 10.2 Å². The normalized spacial score (nSPS) is 10.3. The van der Waals surface area contributed by atoms with E-state index in [4.69, 9.17) is 0 Å². The lowest BCUT2D eigenvalue weighted by Crippen LogP contribution is -2.06. The van der Waals surface area contributed by atoms with Crippen molar-refractivity contribution in [1.82, 2.24) is 0 Å². The van der Waals surface area contributed by atoms with Crippen LogP contribution < -0.4 is 5.12 Å². The van der Waals surface area contributed by atoms with E-state index in [2.05, 4.69) is 16.9 Å². The fourth-order valence-corrected chi connectivity index (χ4v) is 0.895. The highest BCUT2D eigenvalue weighted by Crippen LogP contribution is 2.15. The molecule has 0 unspecified atom stereocenters. The predicted molar refractivity (Wildman–Crippen MR) is 52.6 cm³/mol. The SMILES string of the molecule is C=NN(/N=C\C)c1cccc(F)c1. The summed E-state index contributed by atoms with van der Waals surface area (Å²) in [4.78, 5) is 0. The van der Waals surface area contributed by atoms with Gasteiger partial charge in [0.25, 0.3) is 0 Å². The topological polar surface area (TPSA) is 28.0 Å². The molecule has 0 bridgehead atoms. The van der Waals surface area contributed by atoms with Gasteiger partial charge in [0, 0.05) is 19.0 Å². The Hall–Kier alpha value is -1.71. The van der Waals surface area contributed by atoms with Gasteiger partial charge in [-0.2, -0.15) is 15.3 Å². The third kappa shape index (κ3) is 2.37. The molecule has 0 N–H and O–H groups in total. The Morgan fingerprint density at radius 2 is 2.31 bits per heavy atom. The molecule has 0 saturated carbocycles. The van der Waals surface area contributed by atoms with Crippen LogP contribution in [0.4, 0.5) is 10.1 Å². The van der Waals surface area contributed by atoms with Crippen molar-refractivity contribution in [2.75, 3.05) is 5.12 Å². The van der Waals surface area contributed by atoms with Gasteiger partial charge in [0.15, 0.2) is 0 Å². The van der Waals surface area contributed by atoms with Crippen LogP contribution in [-0.4, -0.2) is 12.9 Å². The highest BCUT2D eigenvalue weighted by molar-refractivity contribution is 5.57. The second kappa shape index (κ2) is 4.35. The zero-order valence-electron chi connectivity index (χ0n) is 7.31. The number of hydrogen-bond acceptors (Lipinski definition) is 3. The maximum absolute atomic E-state index is 12.8. The Morgan fingerprint density at radius 3 is 2.85 bits per heavy atom. The van der Waals surface area contributed by atoms with Gasteiger partial charge in [0.05, 0.1) is 5.69 Å². The number of halogens is 1. The van der Waals surface area contributed by atoms with Crippen molar-refractivity contribution in [3.05, 3.63) is 30.1 Å². The van der Waals surface area contributed by atoms with Crippen LogP contribution in [0.3, 0.4) is 0 Å². The van der Waals surface area contributed by atoms with Gasteiger partial charge in [0.1, 0.15) is 5.82 Å². The zero-order chi connectivity index (χ0) is 9.68. The van der Waals surface area contributed by atoms with E-state index >= 15 is 0 Å². The molecular weight excluding hydrogens is 169 g/mol. The zero-order valence-corrected chi connectivity index (χ0v) is 7.31. The average molecular weight is 179 g/mol. The Balaban J connectivity index is 2.97. The van der Waals surface area contributed by atoms with Crippen molar-refractivity contribution in [3.63, 3.8) is 0 Å². The minimum atomic E-state index is -0.322. The molecule has 1 rings (SSSR count). The molecule has 1 aromatic carbocycles.